The average molecular weight is 373 g/mol. The van der Waals surface area contributed by atoms with Crippen LogP contribution in [0, 0.1) is 18.3 Å². The fourth-order valence-corrected chi connectivity index (χ4v) is 3.50. The number of carbonyl (C=O) groups excluding carboxylic acids is 2. The Labute approximate surface area is 165 Å². The first-order valence-electron chi connectivity index (χ1n) is 9.13. The molecule has 2 amide bonds. The number of hydrogen-bond donors (Lipinski definition) is 1. The Morgan fingerprint density at radius 2 is 1.86 bits per heavy atom. The van der Waals surface area contributed by atoms with E-state index in [9.17, 15) is 14.9 Å². The van der Waals surface area contributed by atoms with Crippen LogP contribution in [0.15, 0.2) is 54.2 Å². The lowest BCUT2D eigenvalue weighted by atomic mass is 9.87. The van der Waals surface area contributed by atoms with Crippen molar-refractivity contribution in [2.75, 3.05) is 7.05 Å². The van der Waals surface area contributed by atoms with Gasteiger partial charge in [-0.05, 0) is 49.1 Å². The summed E-state index contributed by atoms with van der Waals surface area (Å²) in [6.07, 6.45) is 0.419. The second-order valence-electron chi connectivity index (χ2n) is 7.42. The van der Waals surface area contributed by atoms with Gasteiger partial charge >= 0.3 is 0 Å². The molecule has 0 aromatic heterocycles. The van der Waals surface area contributed by atoms with Crippen LogP contribution in [0.3, 0.4) is 0 Å². The summed E-state index contributed by atoms with van der Waals surface area (Å²) in [5, 5.41) is 12.3. The number of amides is 2. The summed E-state index contributed by atoms with van der Waals surface area (Å²) in [4.78, 5) is 27.7. The molecule has 1 fully saturated rings. The van der Waals surface area contributed by atoms with Gasteiger partial charge in [-0.25, -0.2) is 0 Å². The molecule has 1 unspecified atom stereocenters. The van der Waals surface area contributed by atoms with Gasteiger partial charge in [0.2, 0.25) is 0 Å². The second-order valence-corrected chi connectivity index (χ2v) is 7.42. The highest BCUT2D eigenvalue weighted by atomic mass is 16.2. The van der Waals surface area contributed by atoms with Crippen LogP contribution in [-0.2, 0) is 16.0 Å². The lowest BCUT2D eigenvalue weighted by Crippen LogP contribution is -2.64. The molecule has 1 atom stereocenters. The van der Waals surface area contributed by atoms with Crippen LogP contribution >= 0.6 is 0 Å². The Bertz CT molecular complexity index is 1020. The number of likely N-dealkylation sites (N-methyl/N-ethyl adjacent to an activating group) is 1. The largest absolute Gasteiger partial charge is 0.326 e. The van der Waals surface area contributed by atoms with Crippen molar-refractivity contribution in [2.24, 2.45) is 0 Å². The molecule has 1 N–H and O–H groups in total. The Hall–Kier alpha value is -3.39. The molecule has 1 aliphatic heterocycles. The van der Waals surface area contributed by atoms with Gasteiger partial charge in [0.05, 0.1) is 11.6 Å². The molecule has 0 saturated carbocycles. The molecule has 3 rings (SSSR count). The van der Waals surface area contributed by atoms with Crippen LogP contribution in [0.1, 0.15) is 36.1 Å². The van der Waals surface area contributed by atoms with Crippen molar-refractivity contribution in [1.29, 1.82) is 5.26 Å². The third kappa shape index (κ3) is 3.29. The maximum Gasteiger partial charge on any atom is 0.271 e. The van der Waals surface area contributed by atoms with E-state index < -0.39 is 5.54 Å². The van der Waals surface area contributed by atoms with E-state index in [1.165, 1.54) is 4.90 Å². The monoisotopic (exact) mass is 373 g/mol. The minimum Gasteiger partial charge on any atom is -0.326 e. The third-order valence-corrected chi connectivity index (χ3v) is 5.45. The summed E-state index contributed by atoms with van der Waals surface area (Å²) in [6.45, 7) is 5.43. The third-order valence-electron chi connectivity index (χ3n) is 5.45. The molecule has 2 aromatic carbocycles. The number of rotatable bonds is 3. The van der Waals surface area contributed by atoms with Crippen molar-refractivity contribution in [2.45, 2.75) is 32.7 Å². The topological polar surface area (TPSA) is 73.2 Å². The Morgan fingerprint density at radius 1 is 1.18 bits per heavy atom. The number of benzene rings is 2. The molecule has 0 bridgehead atoms. The molecule has 5 heteroatoms. The van der Waals surface area contributed by atoms with Crippen molar-refractivity contribution in [3.8, 4) is 6.07 Å². The molecule has 0 radical (unpaired) electrons. The normalized spacial score (nSPS) is 21.2. The molecular weight excluding hydrogens is 350 g/mol. The van der Waals surface area contributed by atoms with Crippen molar-refractivity contribution in [3.05, 3.63) is 76.5 Å². The zero-order valence-electron chi connectivity index (χ0n) is 16.5. The van der Waals surface area contributed by atoms with Gasteiger partial charge in [0.1, 0.15) is 11.2 Å². The highest BCUT2D eigenvalue weighted by molar-refractivity contribution is 6.10. The summed E-state index contributed by atoms with van der Waals surface area (Å²) in [6, 6.07) is 17.3. The van der Waals surface area contributed by atoms with Gasteiger partial charge in [0.15, 0.2) is 0 Å². The zero-order chi connectivity index (χ0) is 20.5. The maximum atomic E-state index is 13.1. The van der Waals surface area contributed by atoms with E-state index >= 15 is 0 Å². The predicted octanol–water partition coefficient (Wildman–Crippen LogP) is 3.19. The quantitative estimate of drug-likeness (QED) is 0.840. The standard InChI is InChI=1S/C23H23N3O2/c1-15-10-11-19(18(12-15)14-24)16(2)20-21(27)26(4)23(3,22(28)25-20)13-17-8-6-5-7-9-17/h5-12H,13H2,1-4H3,(H,25,28). The summed E-state index contributed by atoms with van der Waals surface area (Å²) in [7, 11) is 1.65. The van der Waals surface area contributed by atoms with Crippen molar-refractivity contribution < 1.29 is 9.59 Å². The van der Waals surface area contributed by atoms with Crippen LogP contribution in [0.2, 0.25) is 0 Å². The van der Waals surface area contributed by atoms with Gasteiger partial charge in [0.25, 0.3) is 11.8 Å². The Balaban J connectivity index is 2.00. The molecule has 2 aromatic rings. The zero-order valence-corrected chi connectivity index (χ0v) is 16.5. The SMILES string of the molecule is CC(=C1NC(=O)C(C)(Cc2ccccc2)N(C)C1=O)c1ccc(C)cc1C#N. The number of piperazine rings is 1. The predicted molar refractivity (Wildman–Crippen MR) is 108 cm³/mol. The van der Waals surface area contributed by atoms with E-state index in [0.717, 1.165) is 11.1 Å². The number of hydrogen-bond acceptors (Lipinski definition) is 3. The number of aryl methyl sites for hydroxylation is 1. The number of nitriles is 1. The second kappa shape index (κ2) is 7.32. The fraction of sp³-hybridized carbons (Fsp3) is 0.261. The summed E-state index contributed by atoms with van der Waals surface area (Å²) < 4.78 is 0. The smallest absolute Gasteiger partial charge is 0.271 e. The molecule has 5 nitrogen and oxygen atoms in total. The van der Waals surface area contributed by atoms with Gasteiger partial charge in [-0.1, -0.05) is 42.5 Å². The summed E-state index contributed by atoms with van der Waals surface area (Å²) in [5.74, 6) is -0.501. The van der Waals surface area contributed by atoms with Crippen LogP contribution in [0.25, 0.3) is 5.57 Å². The van der Waals surface area contributed by atoms with Gasteiger partial charge in [-0.2, -0.15) is 5.26 Å². The van der Waals surface area contributed by atoms with Crippen molar-refractivity contribution in [3.63, 3.8) is 0 Å². The molecule has 142 valence electrons. The molecular formula is C23H23N3O2. The average Bonchev–Trinajstić information content (AvgIpc) is 2.69. The lowest BCUT2D eigenvalue weighted by Gasteiger charge is -2.42. The van der Waals surface area contributed by atoms with Crippen LogP contribution < -0.4 is 5.32 Å². The minimum atomic E-state index is -0.993. The highest BCUT2D eigenvalue weighted by Gasteiger charge is 2.46. The first kappa shape index (κ1) is 19.4. The molecule has 0 spiro atoms. The highest BCUT2D eigenvalue weighted by Crippen LogP contribution is 2.30. The molecule has 1 saturated heterocycles. The molecule has 28 heavy (non-hydrogen) atoms. The van der Waals surface area contributed by atoms with Crippen molar-refractivity contribution >= 4 is 17.4 Å². The van der Waals surface area contributed by atoms with E-state index in [1.54, 1.807) is 27.0 Å². The van der Waals surface area contributed by atoms with E-state index in [-0.39, 0.29) is 17.5 Å². The first-order chi connectivity index (χ1) is 13.3. The number of allylic oxidation sites excluding steroid dienone is 1. The van der Waals surface area contributed by atoms with Gasteiger partial charge in [0, 0.05) is 13.5 Å². The van der Waals surface area contributed by atoms with Gasteiger partial charge in [-0.3, -0.25) is 9.59 Å². The number of carbonyl (C=O) groups is 2. The van der Waals surface area contributed by atoms with Gasteiger partial charge in [-0.15, -0.1) is 0 Å². The van der Waals surface area contributed by atoms with E-state index in [4.69, 9.17) is 0 Å². The van der Waals surface area contributed by atoms with Gasteiger partial charge < -0.3 is 10.2 Å². The van der Waals surface area contributed by atoms with E-state index in [2.05, 4.69) is 11.4 Å². The molecule has 1 heterocycles. The minimum absolute atomic E-state index is 0.221. The summed E-state index contributed by atoms with van der Waals surface area (Å²) >= 11 is 0. The Kier molecular flexibility index (Phi) is 5.06. The fourth-order valence-electron chi connectivity index (χ4n) is 3.50. The lowest BCUT2D eigenvalue weighted by molar-refractivity contribution is -0.147. The van der Waals surface area contributed by atoms with Crippen molar-refractivity contribution in [1.82, 2.24) is 10.2 Å². The number of nitrogens with one attached hydrogen (secondary N) is 1. The molecule has 0 aliphatic carbocycles. The first-order valence-corrected chi connectivity index (χ1v) is 9.13. The summed E-state index contributed by atoms with van der Waals surface area (Å²) in [5.41, 5.74) is 2.89. The van der Waals surface area contributed by atoms with Crippen LogP contribution in [-0.4, -0.2) is 29.3 Å². The number of nitrogens with zero attached hydrogens (tertiary/aromatic N) is 2. The van der Waals surface area contributed by atoms with Crippen LogP contribution in [0.4, 0.5) is 0 Å². The maximum absolute atomic E-state index is 13.1. The van der Waals surface area contributed by atoms with Crippen LogP contribution in [0.5, 0.6) is 0 Å². The van der Waals surface area contributed by atoms with E-state index in [0.29, 0.717) is 23.1 Å². The Morgan fingerprint density at radius 3 is 2.50 bits per heavy atom. The molecule has 1 aliphatic rings. The van der Waals surface area contributed by atoms with E-state index in [1.807, 2.05) is 49.4 Å².